The molecule has 2 aromatic rings. The highest BCUT2D eigenvalue weighted by Gasteiger charge is 2.19. The summed E-state index contributed by atoms with van der Waals surface area (Å²) in [5.74, 6) is -0.633. The van der Waals surface area contributed by atoms with Crippen LogP contribution in [0.5, 0.6) is 0 Å². The van der Waals surface area contributed by atoms with Crippen LogP contribution in [0.15, 0.2) is 27.7 Å². The normalized spacial score (nSPS) is 11.5. The van der Waals surface area contributed by atoms with E-state index in [0.29, 0.717) is 5.69 Å². The maximum Gasteiger partial charge on any atom is 0.309 e. The van der Waals surface area contributed by atoms with Gasteiger partial charge in [0.25, 0.3) is 10.0 Å². The first-order valence-corrected chi connectivity index (χ1v) is 6.78. The van der Waals surface area contributed by atoms with Crippen molar-refractivity contribution in [1.29, 1.82) is 0 Å². The number of nitrogens with two attached hydrogens (primary N) is 1. The number of aromatic nitrogens is 1. The third-order valence-corrected chi connectivity index (χ3v) is 3.71. The number of halogens is 1. The second-order valence-electron chi connectivity index (χ2n) is 4.04. The molecular weight excluding hydrogens is 273 g/mol. The molecule has 0 radical (unpaired) electrons. The molecule has 1 heterocycles. The molecule has 2 rings (SSSR count). The summed E-state index contributed by atoms with van der Waals surface area (Å²) in [7, 11) is -3.91. The standard InChI is InChI=1S/C11H12FN3O3S/c1-6-3-8(4-9(13)10(6)12)19(16,17)15-11-14-7(2)5-18-11/h3-5H,13H2,1-2H3,(H,14,15). The summed E-state index contributed by atoms with van der Waals surface area (Å²) in [5, 5.41) is 0. The molecule has 0 aliphatic heterocycles. The van der Waals surface area contributed by atoms with Gasteiger partial charge in [-0.2, -0.15) is 4.98 Å². The van der Waals surface area contributed by atoms with Crippen molar-refractivity contribution in [3.8, 4) is 0 Å². The van der Waals surface area contributed by atoms with Crippen LogP contribution in [-0.2, 0) is 10.0 Å². The van der Waals surface area contributed by atoms with Gasteiger partial charge < -0.3 is 10.2 Å². The van der Waals surface area contributed by atoms with Crippen molar-refractivity contribution in [3.05, 3.63) is 35.5 Å². The Bertz CT molecular complexity index is 702. The van der Waals surface area contributed by atoms with Gasteiger partial charge in [-0.1, -0.05) is 0 Å². The fraction of sp³-hybridized carbons (Fsp3) is 0.182. The zero-order valence-corrected chi connectivity index (χ0v) is 11.1. The number of benzene rings is 1. The van der Waals surface area contributed by atoms with Crippen LogP contribution in [0.1, 0.15) is 11.3 Å². The first-order valence-electron chi connectivity index (χ1n) is 5.30. The van der Waals surface area contributed by atoms with E-state index in [1.165, 1.54) is 19.3 Å². The van der Waals surface area contributed by atoms with Gasteiger partial charge in [-0.15, -0.1) is 0 Å². The zero-order chi connectivity index (χ0) is 14.2. The molecule has 0 bridgehead atoms. The summed E-state index contributed by atoms with van der Waals surface area (Å²) < 4.78 is 44.5. The summed E-state index contributed by atoms with van der Waals surface area (Å²) in [5.41, 5.74) is 5.85. The van der Waals surface area contributed by atoms with E-state index in [-0.39, 0.29) is 22.2 Å². The van der Waals surface area contributed by atoms with Crippen molar-refractivity contribution in [1.82, 2.24) is 4.98 Å². The average molecular weight is 285 g/mol. The number of rotatable bonds is 3. The number of nitrogen functional groups attached to an aromatic ring is 1. The van der Waals surface area contributed by atoms with Crippen molar-refractivity contribution in [3.63, 3.8) is 0 Å². The largest absolute Gasteiger partial charge is 0.431 e. The van der Waals surface area contributed by atoms with Gasteiger partial charge in [-0.05, 0) is 31.5 Å². The predicted molar refractivity (Wildman–Crippen MR) is 67.6 cm³/mol. The minimum Gasteiger partial charge on any atom is -0.431 e. The Morgan fingerprint density at radius 3 is 2.58 bits per heavy atom. The van der Waals surface area contributed by atoms with E-state index in [1.54, 1.807) is 6.92 Å². The van der Waals surface area contributed by atoms with Crippen LogP contribution < -0.4 is 10.5 Å². The second kappa shape index (κ2) is 4.54. The van der Waals surface area contributed by atoms with Crippen molar-refractivity contribution in [2.24, 2.45) is 0 Å². The Kier molecular flexibility index (Phi) is 3.19. The van der Waals surface area contributed by atoms with E-state index in [0.717, 1.165) is 6.07 Å². The number of hydrogen-bond donors (Lipinski definition) is 2. The topological polar surface area (TPSA) is 98.2 Å². The summed E-state index contributed by atoms with van der Waals surface area (Å²) in [6.45, 7) is 3.08. The number of nitrogens with zero attached hydrogens (tertiary/aromatic N) is 1. The molecule has 0 saturated carbocycles. The summed E-state index contributed by atoms with van der Waals surface area (Å²) in [6.07, 6.45) is 1.31. The molecule has 0 spiro atoms. The van der Waals surface area contributed by atoms with E-state index in [4.69, 9.17) is 10.2 Å². The smallest absolute Gasteiger partial charge is 0.309 e. The lowest BCUT2D eigenvalue weighted by molar-refractivity contribution is 0.569. The maximum absolute atomic E-state index is 13.4. The van der Waals surface area contributed by atoms with Gasteiger partial charge in [0.1, 0.15) is 12.1 Å². The molecule has 6 nitrogen and oxygen atoms in total. The minimum absolute atomic E-state index is 0.143. The highest BCUT2D eigenvalue weighted by atomic mass is 32.2. The van der Waals surface area contributed by atoms with Gasteiger partial charge in [0, 0.05) is 0 Å². The van der Waals surface area contributed by atoms with E-state index in [2.05, 4.69) is 9.71 Å². The number of oxazole rings is 1. The molecule has 102 valence electrons. The minimum atomic E-state index is -3.91. The molecule has 3 N–H and O–H groups in total. The molecule has 19 heavy (non-hydrogen) atoms. The van der Waals surface area contributed by atoms with Crippen molar-refractivity contribution < 1.29 is 17.2 Å². The number of anilines is 2. The Labute approximate surface area is 109 Å². The van der Waals surface area contributed by atoms with Crippen molar-refractivity contribution in [2.45, 2.75) is 18.7 Å². The SMILES string of the molecule is Cc1coc(NS(=O)(=O)c2cc(C)c(F)c(N)c2)n1. The number of aryl methyl sites for hydroxylation is 2. The van der Waals surface area contributed by atoms with Crippen LogP contribution >= 0.6 is 0 Å². The summed E-state index contributed by atoms with van der Waals surface area (Å²) >= 11 is 0. The maximum atomic E-state index is 13.4. The number of sulfonamides is 1. The van der Waals surface area contributed by atoms with Crippen LogP contribution in [0.25, 0.3) is 0 Å². The highest BCUT2D eigenvalue weighted by molar-refractivity contribution is 7.92. The third-order valence-electron chi connectivity index (χ3n) is 2.41. The molecular formula is C11H12FN3O3S. The van der Waals surface area contributed by atoms with Crippen molar-refractivity contribution >= 4 is 21.7 Å². The average Bonchev–Trinajstić information content (AvgIpc) is 2.70. The van der Waals surface area contributed by atoms with Gasteiger partial charge in [-0.25, -0.2) is 17.5 Å². The van der Waals surface area contributed by atoms with Gasteiger partial charge >= 0.3 is 6.01 Å². The fourth-order valence-corrected chi connectivity index (χ4v) is 2.55. The molecule has 0 atom stereocenters. The van der Waals surface area contributed by atoms with Crippen LogP contribution in [0.2, 0.25) is 0 Å². The third kappa shape index (κ3) is 2.68. The quantitative estimate of drug-likeness (QED) is 0.838. The van der Waals surface area contributed by atoms with Crippen LogP contribution in [0.3, 0.4) is 0 Å². The first kappa shape index (κ1) is 13.3. The highest BCUT2D eigenvalue weighted by Crippen LogP contribution is 2.22. The molecule has 1 aromatic carbocycles. The lowest BCUT2D eigenvalue weighted by atomic mass is 10.2. The Morgan fingerprint density at radius 2 is 2.05 bits per heavy atom. The lowest BCUT2D eigenvalue weighted by Gasteiger charge is -2.07. The molecule has 0 saturated heterocycles. The van der Waals surface area contributed by atoms with E-state index < -0.39 is 15.8 Å². The van der Waals surface area contributed by atoms with Crippen LogP contribution in [0, 0.1) is 19.7 Å². The monoisotopic (exact) mass is 285 g/mol. The summed E-state index contributed by atoms with van der Waals surface area (Å²) in [4.78, 5) is 3.67. The van der Waals surface area contributed by atoms with Gasteiger partial charge in [0.15, 0.2) is 0 Å². The first-order chi connectivity index (χ1) is 8.79. The van der Waals surface area contributed by atoms with Crippen molar-refractivity contribution in [2.75, 3.05) is 10.5 Å². The van der Waals surface area contributed by atoms with Gasteiger partial charge in [0.2, 0.25) is 0 Å². The van der Waals surface area contributed by atoms with E-state index in [9.17, 15) is 12.8 Å². The van der Waals surface area contributed by atoms with Crippen LogP contribution in [0.4, 0.5) is 16.1 Å². The molecule has 0 aliphatic rings. The second-order valence-corrected chi connectivity index (χ2v) is 5.73. The molecule has 8 heteroatoms. The van der Waals surface area contributed by atoms with Crippen LogP contribution in [-0.4, -0.2) is 13.4 Å². The molecule has 0 amide bonds. The molecule has 1 aromatic heterocycles. The van der Waals surface area contributed by atoms with Gasteiger partial charge in [-0.3, -0.25) is 0 Å². The van der Waals surface area contributed by atoms with E-state index in [1.807, 2.05) is 0 Å². The molecule has 0 unspecified atom stereocenters. The summed E-state index contributed by atoms with van der Waals surface area (Å²) in [6, 6.07) is 2.07. The predicted octanol–water partition coefficient (Wildman–Crippen LogP) is 1.81. The molecule has 0 fully saturated rings. The van der Waals surface area contributed by atoms with E-state index >= 15 is 0 Å². The number of hydrogen-bond acceptors (Lipinski definition) is 5. The Balaban J connectivity index is 2.40. The van der Waals surface area contributed by atoms with Gasteiger partial charge in [0.05, 0.1) is 16.3 Å². The molecule has 0 aliphatic carbocycles. The lowest BCUT2D eigenvalue weighted by Crippen LogP contribution is -2.14. The Morgan fingerprint density at radius 1 is 1.37 bits per heavy atom. The zero-order valence-electron chi connectivity index (χ0n) is 10.3. The Hall–Kier alpha value is -2.09. The fourth-order valence-electron chi connectivity index (χ4n) is 1.49. The number of nitrogens with one attached hydrogen (secondary N) is 1.